The Morgan fingerprint density at radius 3 is 2.52 bits per heavy atom. The van der Waals surface area contributed by atoms with Crippen LogP contribution in [-0.4, -0.2) is 6.04 Å². The highest BCUT2D eigenvalue weighted by molar-refractivity contribution is 9.10. The molecule has 106 valence electrons. The fraction of sp³-hybridized carbons (Fsp3) is 0.278. The highest BCUT2D eigenvalue weighted by Crippen LogP contribution is 2.44. The van der Waals surface area contributed by atoms with Crippen LogP contribution in [0.4, 0.5) is 5.69 Å². The zero-order chi connectivity index (χ0) is 14.9. The van der Waals surface area contributed by atoms with E-state index in [0.717, 1.165) is 28.6 Å². The largest absolute Gasteiger partial charge is 0.382 e. The van der Waals surface area contributed by atoms with Crippen molar-refractivity contribution < 1.29 is 0 Å². The van der Waals surface area contributed by atoms with Crippen molar-refractivity contribution in [2.75, 3.05) is 5.32 Å². The molecule has 0 heterocycles. The number of hydrogen-bond acceptors (Lipinski definition) is 2. The smallest absolute Gasteiger partial charge is 0.0861 e. The quantitative estimate of drug-likeness (QED) is 0.871. The predicted molar refractivity (Wildman–Crippen MR) is 89.3 cm³/mol. The summed E-state index contributed by atoms with van der Waals surface area (Å²) < 4.78 is 1.11. The molecule has 0 bridgehead atoms. The number of rotatable bonds is 3. The first-order valence-electron chi connectivity index (χ1n) is 7.13. The van der Waals surface area contributed by atoms with Gasteiger partial charge >= 0.3 is 0 Å². The average molecular weight is 341 g/mol. The maximum Gasteiger partial charge on any atom is 0.0861 e. The fourth-order valence-electron chi connectivity index (χ4n) is 3.02. The first-order chi connectivity index (χ1) is 10.1. The van der Waals surface area contributed by atoms with E-state index >= 15 is 0 Å². The molecule has 1 aliphatic carbocycles. The van der Waals surface area contributed by atoms with Gasteiger partial charge in [-0.15, -0.1) is 0 Å². The lowest BCUT2D eigenvalue weighted by atomic mass is 9.62. The zero-order valence-electron chi connectivity index (χ0n) is 11.9. The molecule has 0 aliphatic heterocycles. The summed E-state index contributed by atoms with van der Waals surface area (Å²) in [6.45, 7) is 2.10. The van der Waals surface area contributed by atoms with Gasteiger partial charge in [-0.1, -0.05) is 52.3 Å². The molecule has 0 saturated heterocycles. The third-order valence-electron chi connectivity index (χ3n) is 4.36. The summed E-state index contributed by atoms with van der Waals surface area (Å²) in [6.07, 6.45) is 1.72. The standard InChI is InChI=1S/C18H17BrN2/c1-13-16(19)8-5-9-17(13)21-15-10-18(11-15,12-20)14-6-3-2-4-7-14/h2-9,15,21H,10-11H2,1H3. The van der Waals surface area contributed by atoms with E-state index in [-0.39, 0.29) is 5.41 Å². The molecule has 21 heavy (non-hydrogen) atoms. The van der Waals surface area contributed by atoms with Crippen molar-refractivity contribution in [2.24, 2.45) is 0 Å². The first-order valence-corrected chi connectivity index (χ1v) is 7.92. The van der Waals surface area contributed by atoms with Gasteiger partial charge in [-0.05, 0) is 43.0 Å². The third kappa shape index (κ3) is 2.56. The Morgan fingerprint density at radius 2 is 1.86 bits per heavy atom. The van der Waals surface area contributed by atoms with Crippen LogP contribution in [-0.2, 0) is 5.41 Å². The van der Waals surface area contributed by atoms with Crippen molar-refractivity contribution in [3.05, 3.63) is 64.1 Å². The molecule has 0 spiro atoms. The molecule has 0 unspecified atom stereocenters. The number of halogens is 1. The molecule has 0 amide bonds. The van der Waals surface area contributed by atoms with E-state index in [2.05, 4.69) is 52.4 Å². The molecule has 3 heteroatoms. The minimum atomic E-state index is -0.321. The Bertz CT molecular complexity index is 682. The van der Waals surface area contributed by atoms with E-state index in [9.17, 15) is 5.26 Å². The fourth-order valence-corrected chi connectivity index (χ4v) is 3.38. The Kier molecular flexibility index (Phi) is 3.73. The van der Waals surface area contributed by atoms with Gasteiger partial charge in [-0.3, -0.25) is 0 Å². The number of anilines is 1. The van der Waals surface area contributed by atoms with Crippen LogP contribution in [0.15, 0.2) is 53.0 Å². The molecule has 1 fully saturated rings. The van der Waals surface area contributed by atoms with E-state index in [4.69, 9.17) is 0 Å². The summed E-state index contributed by atoms with van der Waals surface area (Å²) in [5, 5.41) is 13.2. The maximum atomic E-state index is 9.59. The van der Waals surface area contributed by atoms with E-state index < -0.39 is 0 Å². The van der Waals surface area contributed by atoms with Crippen molar-refractivity contribution in [3.63, 3.8) is 0 Å². The zero-order valence-corrected chi connectivity index (χ0v) is 13.5. The lowest BCUT2D eigenvalue weighted by Gasteiger charge is -2.44. The molecule has 2 aromatic carbocycles. The van der Waals surface area contributed by atoms with Crippen LogP contribution in [0.5, 0.6) is 0 Å². The van der Waals surface area contributed by atoms with Crippen LogP contribution in [0.2, 0.25) is 0 Å². The molecule has 1 N–H and O–H groups in total. The molecular weight excluding hydrogens is 324 g/mol. The summed E-state index contributed by atoms with van der Waals surface area (Å²) in [6, 6.07) is 19.2. The summed E-state index contributed by atoms with van der Waals surface area (Å²) in [7, 11) is 0. The highest BCUT2D eigenvalue weighted by atomic mass is 79.9. The summed E-state index contributed by atoms with van der Waals surface area (Å²) in [4.78, 5) is 0. The SMILES string of the molecule is Cc1c(Br)cccc1NC1CC(C#N)(c2ccccc2)C1. The second kappa shape index (κ2) is 5.54. The van der Waals surface area contributed by atoms with Crippen molar-refractivity contribution in [3.8, 4) is 6.07 Å². The number of nitrogens with one attached hydrogen (secondary N) is 1. The van der Waals surface area contributed by atoms with Gasteiger partial charge in [0, 0.05) is 16.2 Å². The van der Waals surface area contributed by atoms with Gasteiger partial charge in [-0.25, -0.2) is 0 Å². The predicted octanol–water partition coefficient (Wildman–Crippen LogP) is 4.79. The normalized spacial score (nSPS) is 24.0. The van der Waals surface area contributed by atoms with Gasteiger partial charge in [0.25, 0.3) is 0 Å². The Labute approximate surface area is 133 Å². The van der Waals surface area contributed by atoms with E-state index in [1.165, 1.54) is 5.56 Å². The number of benzene rings is 2. The van der Waals surface area contributed by atoms with Gasteiger partial charge in [0.05, 0.1) is 11.5 Å². The van der Waals surface area contributed by atoms with Crippen molar-refractivity contribution >= 4 is 21.6 Å². The van der Waals surface area contributed by atoms with Crippen LogP contribution in [0, 0.1) is 18.3 Å². The summed E-state index contributed by atoms with van der Waals surface area (Å²) in [5.74, 6) is 0. The van der Waals surface area contributed by atoms with E-state index in [0.29, 0.717) is 6.04 Å². The van der Waals surface area contributed by atoms with Crippen LogP contribution < -0.4 is 5.32 Å². The molecule has 0 atom stereocenters. The van der Waals surface area contributed by atoms with Gasteiger partial charge in [-0.2, -0.15) is 5.26 Å². The van der Waals surface area contributed by atoms with Crippen molar-refractivity contribution in [1.29, 1.82) is 5.26 Å². The molecular formula is C18H17BrN2. The van der Waals surface area contributed by atoms with Crippen LogP contribution in [0.25, 0.3) is 0 Å². The van der Waals surface area contributed by atoms with Gasteiger partial charge in [0.2, 0.25) is 0 Å². The van der Waals surface area contributed by atoms with Crippen LogP contribution >= 0.6 is 15.9 Å². The Morgan fingerprint density at radius 1 is 1.14 bits per heavy atom. The molecule has 3 rings (SSSR count). The molecule has 2 nitrogen and oxygen atoms in total. The second-order valence-corrected chi connectivity index (χ2v) is 6.58. The topological polar surface area (TPSA) is 35.8 Å². The van der Waals surface area contributed by atoms with Gasteiger partial charge in [0.1, 0.15) is 0 Å². The van der Waals surface area contributed by atoms with E-state index in [1.54, 1.807) is 0 Å². The van der Waals surface area contributed by atoms with Crippen molar-refractivity contribution in [2.45, 2.75) is 31.2 Å². The average Bonchev–Trinajstić information content (AvgIpc) is 2.48. The lowest BCUT2D eigenvalue weighted by Crippen LogP contribution is -2.47. The minimum absolute atomic E-state index is 0.321. The van der Waals surface area contributed by atoms with Crippen LogP contribution in [0.3, 0.4) is 0 Å². The third-order valence-corrected chi connectivity index (χ3v) is 5.22. The first kappa shape index (κ1) is 14.2. The van der Waals surface area contributed by atoms with Crippen molar-refractivity contribution in [1.82, 2.24) is 0 Å². The molecule has 1 aliphatic rings. The van der Waals surface area contributed by atoms with Crippen LogP contribution in [0.1, 0.15) is 24.0 Å². The Balaban J connectivity index is 1.73. The summed E-state index contributed by atoms with van der Waals surface area (Å²) >= 11 is 3.56. The highest BCUT2D eigenvalue weighted by Gasteiger charge is 2.46. The molecule has 0 aromatic heterocycles. The number of nitriles is 1. The molecule has 0 radical (unpaired) electrons. The van der Waals surface area contributed by atoms with Gasteiger partial charge in [0.15, 0.2) is 0 Å². The Hall–Kier alpha value is -1.79. The number of nitrogens with zero attached hydrogens (tertiary/aromatic N) is 1. The maximum absolute atomic E-state index is 9.59. The minimum Gasteiger partial charge on any atom is -0.382 e. The molecule has 1 saturated carbocycles. The molecule has 2 aromatic rings. The summed E-state index contributed by atoms with van der Waals surface area (Å²) in [5.41, 5.74) is 3.18. The number of hydrogen-bond donors (Lipinski definition) is 1. The second-order valence-electron chi connectivity index (χ2n) is 5.72. The monoisotopic (exact) mass is 340 g/mol. The van der Waals surface area contributed by atoms with E-state index in [1.807, 2.05) is 30.3 Å². The lowest BCUT2D eigenvalue weighted by molar-refractivity contribution is 0.289. The van der Waals surface area contributed by atoms with Gasteiger partial charge < -0.3 is 5.32 Å².